The minimum atomic E-state index is -0.451. The summed E-state index contributed by atoms with van der Waals surface area (Å²) >= 11 is 9.37. The number of hydrogen-bond donors (Lipinski definition) is 0. The second kappa shape index (κ2) is 7.85. The quantitative estimate of drug-likeness (QED) is 0.719. The molecule has 7 heteroatoms. The lowest BCUT2D eigenvalue weighted by molar-refractivity contribution is 0.0783. The third-order valence-corrected chi connectivity index (χ3v) is 4.63. The maximum Gasteiger partial charge on any atom is 0.254 e. The van der Waals surface area contributed by atoms with Gasteiger partial charge in [-0.3, -0.25) is 4.79 Å². The smallest absolute Gasteiger partial charge is 0.254 e. The monoisotopic (exact) mass is 415 g/mol. The van der Waals surface area contributed by atoms with Crippen LogP contribution in [-0.4, -0.2) is 32.1 Å². The molecule has 0 aromatic heterocycles. The van der Waals surface area contributed by atoms with E-state index in [1.54, 1.807) is 25.2 Å². The highest BCUT2D eigenvalue weighted by atomic mass is 79.9. The number of amides is 1. The Labute approximate surface area is 153 Å². The molecule has 0 aliphatic rings. The van der Waals surface area contributed by atoms with E-state index in [0.29, 0.717) is 21.5 Å². The Balaban J connectivity index is 2.31. The number of methoxy groups -OCH3 is 2. The Kier molecular flexibility index (Phi) is 6.07. The van der Waals surface area contributed by atoms with Crippen LogP contribution in [-0.2, 0) is 6.54 Å². The third kappa shape index (κ3) is 3.82. The molecule has 0 heterocycles. The lowest BCUT2D eigenvalue weighted by atomic mass is 10.1. The van der Waals surface area contributed by atoms with Crippen LogP contribution in [0.4, 0.5) is 4.39 Å². The van der Waals surface area contributed by atoms with Gasteiger partial charge in [0.25, 0.3) is 5.91 Å². The topological polar surface area (TPSA) is 38.8 Å². The van der Waals surface area contributed by atoms with E-state index in [0.717, 1.165) is 0 Å². The normalized spacial score (nSPS) is 10.4. The van der Waals surface area contributed by atoms with Gasteiger partial charge < -0.3 is 14.4 Å². The summed E-state index contributed by atoms with van der Waals surface area (Å²) in [5, 5.41) is 0.278. The third-order valence-electron chi connectivity index (χ3n) is 3.50. The van der Waals surface area contributed by atoms with Crippen LogP contribution in [0.2, 0.25) is 5.02 Å². The van der Waals surface area contributed by atoms with Crippen molar-refractivity contribution in [2.24, 2.45) is 0 Å². The summed E-state index contributed by atoms with van der Waals surface area (Å²) in [5.74, 6) is 0.177. The predicted octanol–water partition coefficient (Wildman–Crippen LogP) is 4.53. The molecule has 0 radical (unpaired) electrons. The van der Waals surface area contributed by atoms with Gasteiger partial charge in [-0.2, -0.15) is 0 Å². The van der Waals surface area contributed by atoms with Crippen molar-refractivity contribution in [3.63, 3.8) is 0 Å². The van der Waals surface area contributed by atoms with E-state index in [1.807, 2.05) is 0 Å². The lowest BCUT2D eigenvalue weighted by Gasteiger charge is -2.19. The SMILES string of the molecule is COc1cc(C(=O)N(C)Cc2c(F)cccc2Cl)cc(OC)c1Br. The molecule has 0 atom stereocenters. The van der Waals surface area contributed by atoms with Crippen molar-refractivity contribution in [2.75, 3.05) is 21.3 Å². The van der Waals surface area contributed by atoms with Crippen LogP contribution in [0, 0.1) is 5.82 Å². The fourth-order valence-corrected chi connectivity index (χ4v) is 2.98. The zero-order chi connectivity index (χ0) is 17.9. The van der Waals surface area contributed by atoms with Gasteiger partial charge in [0, 0.05) is 29.7 Å². The molecule has 0 fully saturated rings. The van der Waals surface area contributed by atoms with Gasteiger partial charge in [-0.15, -0.1) is 0 Å². The average molecular weight is 417 g/mol. The molecule has 2 rings (SSSR count). The number of halogens is 3. The van der Waals surface area contributed by atoms with Crippen LogP contribution in [0.15, 0.2) is 34.8 Å². The summed E-state index contributed by atoms with van der Waals surface area (Å²) in [6, 6.07) is 7.60. The molecule has 128 valence electrons. The Morgan fingerprint density at radius 3 is 2.33 bits per heavy atom. The Hall–Kier alpha value is -1.79. The number of hydrogen-bond acceptors (Lipinski definition) is 3. The maximum atomic E-state index is 13.9. The molecule has 2 aromatic rings. The van der Waals surface area contributed by atoms with Gasteiger partial charge in [0.05, 0.1) is 14.2 Å². The van der Waals surface area contributed by atoms with E-state index < -0.39 is 5.82 Å². The molecular formula is C17H16BrClFNO3. The molecule has 4 nitrogen and oxygen atoms in total. The predicted molar refractivity (Wildman–Crippen MR) is 94.5 cm³/mol. The first-order chi connectivity index (χ1) is 11.4. The largest absolute Gasteiger partial charge is 0.495 e. The highest BCUT2D eigenvalue weighted by molar-refractivity contribution is 9.10. The van der Waals surface area contributed by atoms with Crippen LogP contribution in [0.25, 0.3) is 0 Å². The fourth-order valence-electron chi connectivity index (χ4n) is 2.21. The molecule has 2 aromatic carbocycles. The molecule has 24 heavy (non-hydrogen) atoms. The molecule has 0 aliphatic heterocycles. The van der Waals surface area contributed by atoms with Crippen LogP contribution >= 0.6 is 27.5 Å². The average Bonchev–Trinajstić information content (AvgIpc) is 2.57. The zero-order valence-electron chi connectivity index (χ0n) is 13.4. The van der Waals surface area contributed by atoms with Crippen molar-refractivity contribution in [3.8, 4) is 11.5 Å². The molecular weight excluding hydrogens is 401 g/mol. The molecule has 0 N–H and O–H groups in total. The molecule has 0 saturated carbocycles. The van der Waals surface area contributed by atoms with Gasteiger partial charge >= 0.3 is 0 Å². The molecule has 0 spiro atoms. The highest BCUT2D eigenvalue weighted by Crippen LogP contribution is 2.36. The minimum absolute atomic E-state index is 0.0467. The van der Waals surface area contributed by atoms with Crippen molar-refractivity contribution in [1.29, 1.82) is 0 Å². The zero-order valence-corrected chi connectivity index (χ0v) is 15.7. The second-order valence-electron chi connectivity index (χ2n) is 5.06. The fraction of sp³-hybridized carbons (Fsp3) is 0.235. The van der Waals surface area contributed by atoms with Gasteiger partial charge in [-0.25, -0.2) is 4.39 Å². The highest BCUT2D eigenvalue weighted by Gasteiger charge is 2.19. The van der Waals surface area contributed by atoms with Gasteiger partial charge in [0.15, 0.2) is 0 Å². The van der Waals surface area contributed by atoms with Gasteiger partial charge in [-0.1, -0.05) is 17.7 Å². The number of carbonyl (C=O) groups is 1. The van der Waals surface area contributed by atoms with E-state index in [9.17, 15) is 9.18 Å². The maximum absolute atomic E-state index is 13.9. The van der Waals surface area contributed by atoms with E-state index in [2.05, 4.69) is 15.9 Å². The standard InChI is InChI=1S/C17H16BrClFNO3/c1-21(9-11-12(19)5-4-6-13(11)20)17(22)10-7-14(23-2)16(18)15(8-10)24-3/h4-8H,9H2,1-3H3. The first-order valence-corrected chi connectivity index (χ1v) is 8.16. The number of ether oxygens (including phenoxy) is 2. The molecule has 0 aliphatic carbocycles. The van der Waals surface area contributed by atoms with Crippen molar-refractivity contribution < 1.29 is 18.7 Å². The van der Waals surface area contributed by atoms with Gasteiger partial charge in [-0.05, 0) is 40.2 Å². The molecule has 0 unspecified atom stereocenters. The summed E-state index contributed by atoms with van der Waals surface area (Å²) in [6.45, 7) is 0.0467. The van der Waals surface area contributed by atoms with E-state index in [1.165, 1.54) is 31.3 Å². The first-order valence-electron chi connectivity index (χ1n) is 6.99. The molecule has 0 bridgehead atoms. The molecule has 1 amide bonds. The van der Waals surface area contributed by atoms with Crippen LogP contribution in [0.5, 0.6) is 11.5 Å². The summed E-state index contributed by atoms with van der Waals surface area (Å²) in [5.41, 5.74) is 0.632. The van der Waals surface area contributed by atoms with Crippen molar-refractivity contribution in [1.82, 2.24) is 4.90 Å². The summed E-state index contributed by atoms with van der Waals surface area (Å²) < 4.78 is 25.0. The Morgan fingerprint density at radius 2 is 1.83 bits per heavy atom. The second-order valence-corrected chi connectivity index (χ2v) is 6.26. The van der Waals surface area contributed by atoms with E-state index in [-0.39, 0.29) is 23.0 Å². The van der Waals surface area contributed by atoms with E-state index >= 15 is 0 Å². The summed E-state index contributed by atoms with van der Waals surface area (Å²) in [4.78, 5) is 14.0. The summed E-state index contributed by atoms with van der Waals surface area (Å²) in [7, 11) is 4.57. The van der Waals surface area contributed by atoms with Crippen LogP contribution in [0.3, 0.4) is 0 Å². The van der Waals surface area contributed by atoms with Crippen LogP contribution in [0.1, 0.15) is 15.9 Å². The van der Waals surface area contributed by atoms with Gasteiger partial charge in [0.1, 0.15) is 21.8 Å². The first kappa shape index (κ1) is 18.5. The van der Waals surface area contributed by atoms with Gasteiger partial charge in [0.2, 0.25) is 0 Å². The summed E-state index contributed by atoms with van der Waals surface area (Å²) in [6.07, 6.45) is 0. The van der Waals surface area contributed by atoms with E-state index in [4.69, 9.17) is 21.1 Å². The van der Waals surface area contributed by atoms with Crippen molar-refractivity contribution in [3.05, 3.63) is 56.8 Å². The van der Waals surface area contributed by atoms with Crippen LogP contribution < -0.4 is 9.47 Å². The lowest BCUT2D eigenvalue weighted by Crippen LogP contribution is -2.27. The number of carbonyl (C=O) groups excluding carboxylic acids is 1. The Bertz CT molecular complexity index is 724. The minimum Gasteiger partial charge on any atom is -0.495 e. The van der Waals surface area contributed by atoms with Crippen molar-refractivity contribution in [2.45, 2.75) is 6.54 Å². The number of rotatable bonds is 5. The number of benzene rings is 2. The number of nitrogens with zero attached hydrogens (tertiary/aromatic N) is 1. The Morgan fingerprint density at radius 1 is 1.25 bits per heavy atom. The molecule has 0 saturated heterocycles. The van der Waals surface area contributed by atoms with Crippen molar-refractivity contribution >= 4 is 33.4 Å².